The molecule has 4 aromatic rings. The molecule has 0 bridgehead atoms. The average molecular weight is 671 g/mol. The van der Waals surface area contributed by atoms with Crippen LogP contribution in [0.25, 0.3) is 0 Å². The molecular formula is C34H34Cl2FN3O4S. The lowest BCUT2D eigenvalue weighted by molar-refractivity contribution is -0.140. The molecule has 236 valence electrons. The van der Waals surface area contributed by atoms with Crippen molar-refractivity contribution in [1.82, 2.24) is 10.2 Å². The third-order valence-corrected chi connectivity index (χ3v) is 9.34. The van der Waals surface area contributed by atoms with E-state index in [0.717, 1.165) is 9.87 Å². The number of nitrogens with zero attached hydrogens (tertiary/aromatic N) is 2. The number of anilines is 1. The molecule has 0 aromatic heterocycles. The summed E-state index contributed by atoms with van der Waals surface area (Å²) in [7, 11) is -4.33. The van der Waals surface area contributed by atoms with Crippen LogP contribution in [0.5, 0.6) is 0 Å². The fraction of sp³-hybridized carbons (Fsp3) is 0.235. The van der Waals surface area contributed by atoms with E-state index in [-0.39, 0.29) is 39.5 Å². The van der Waals surface area contributed by atoms with Crippen LogP contribution in [0.2, 0.25) is 10.0 Å². The SMILES string of the molecule is CC(C)CNC(=O)C(Cc1ccccc1)N(Cc1ccc(F)cc1)C(=O)CN(c1cc(Cl)ccc1Cl)S(=O)(=O)c1ccccc1. The van der Waals surface area contributed by atoms with Crippen molar-refractivity contribution < 1.29 is 22.4 Å². The highest BCUT2D eigenvalue weighted by atomic mass is 35.5. The molecule has 4 aromatic carbocycles. The summed E-state index contributed by atoms with van der Waals surface area (Å²) >= 11 is 12.8. The molecule has 1 atom stereocenters. The number of amides is 2. The maximum Gasteiger partial charge on any atom is 0.264 e. The highest BCUT2D eigenvalue weighted by molar-refractivity contribution is 7.92. The molecular weight excluding hydrogens is 636 g/mol. The summed E-state index contributed by atoms with van der Waals surface area (Å²) in [5, 5.41) is 3.21. The van der Waals surface area contributed by atoms with Gasteiger partial charge < -0.3 is 10.2 Å². The van der Waals surface area contributed by atoms with Gasteiger partial charge in [0.25, 0.3) is 10.0 Å². The van der Waals surface area contributed by atoms with E-state index in [1.54, 1.807) is 18.2 Å². The van der Waals surface area contributed by atoms with Crippen molar-refractivity contribution >= 4 is 50.7 Å². The van der Waals surface area contributed by atoms with Gasteiger partial charge in [-0.15, -0.1) is 0 Å². The van der Waals surface area contributed by atoms with Crippen LogP contribution < -0.4 is 9.62 Å². The molecule has 0 saturated heterocycles. The maximum absolute atomic E-state index is 14.4. The molecule has 45 heavy (non-hydrogen) atoms. The molecule has 0 aliphatic heterocycles. The van der Waals surface area contributed by atoms with Crippen molar-refractivity contribution in [3.05, 3.63) is 130 Å². The number of sulfonamides is 1. The summed E-state index contributed by atoms with van der Waals surface area (Å²) in [4.78, 5) is 29.5. The van der Waals surface area contributed by atoms with Gasteiger partial charge in [0.05, 0.1) is 15.6 Å². The summed E-state index contributed by atoms with van der Waals surface area (Å²) in [6.45, 7) is 3.49. The van der Waals surface area contributed by atoms with E-state index in [1.807, 2.05) is 44.2 Å². The number of carbonyl (C=O) groups is 2. The van der Waals surface area contributed by atoms with Crippen LogP contribution in [0.4, 0.5) is 10.1 Å². The molecule has 11 heteroatoms. The molecule has 0 saturated carbocycles. The van der Waals surface area contributed by atoms with Gasteiger partial charge in [-0.25, -0.2) is 12.8 Å². The second-order valence-corrected chi connectivity index (χ2v) is 13.6. The highest BCUT2D eigenvalue weighted by Gasteiger charge is 2.35. The van der Waals surface area contributed by atoms with E-state index in [4.69, 9.17) is 23.2 Å². The summed E-state index contributed by atoms with van der Waals surface area (Å²) in [6.07, 6.45) is 0.154. The Morgan fingerprint density at radius 3 is 2.09 bits per heavy atom. The smallest absolute Gasteiger partial charge is 0.264 e. The van der Waals surface area contributed by atoms with Gasteiger partial charge in [-0.1, -0.05) is 97.7 Å². The number of nitrogens with one attached hydrogen (secondary N) is 1. The summed E-state index contributed by atoms with van der Waals surface area (Å²) < 4.78 is 42.8. The van der Waals surface area contributed by atoms with Gasteiger partial charge in [-0.05, 0) is 59.5 Å². The van der Waals surface area contributed by atoms with Gasteiger partial charge in [0, 0.05) is 24.5 Å². The molecule has 0 spiro atoms. The first-order valence-electron chi connectivity index (χ1n) is 14.3. The standard InChI is InChI=1S/C34H34Cl2FN3O4S/c1-24(2)21-38-34(42)32(19-25-9-5-3-6-10-25)39(22-26-13-16-28(37)17-14-26)33(41)23-40(31-20-27(35)15-18-30(31)36)45(43,44)29-11-7-4-8-12-29/h3-18,20,24,32H,19,21-23H2,1-2H3,(H,38,42). The van der Waals surface area contributed by atoms with Gasteiger partial charge in [-0.3, -0.25) is 13.9 Å². The minimum atomic E-state index is -4.33. The van der Waals surface area contributed by atoms with E-state index in [9.17, 15) is 22.4 Å². The summed E-state index contributed by atoms with van der Waals surface area (Å²) in [5.41, 5.74) is 1.36. The number of carbonyl (C=O) groups excluding carboxylic acids is 2. The monoisotopic (exact) mass is 669 g/mol. The van der Waals surface area contributed by atoms with Crippen LogP contribution in [-0.2, 0) is 32.6 Å². The zero-order chi connectivity index (χ0) is 32.6. The van der Waals surface area contributed by atoms with E-state index >= 15 is 0 Å². The van der Waals surface area contributed by atoms with Gasteiger partial charge in [0.1, 0.15) is 18.4 Å². The second kappa shape index (κ2) is 15.4. The minimum absolute atomic E-state index is 0.00645. The Morgan fingerprint density at radius 1 is 0.844 bits per heavy atom. The zero-order valence-electron chi connectivity index (χ0n) is 24.9. The molecule has 7 nitrogen and oxygen atoms in total. The molecule has 0 radical (unpaired) electrons. The number of hydrogen-bond donors (Lipinski definition) is 1. The van der Waals surface area contributed by atoms with Gasteiger partial charge in [-0.2, -0.15) is 0 Å². The number of hydrogen-bond acceptors (Lipinski definition) is 4. The number of halogens is 3. The van der Waals surface area contributed by atoms with Crippen molar-refractivity contribution in [3.63, 3.8) is 0 Å². The van der Waals surface area contributed by atoms with Crippen LogP contribution >= 0.6 is 23.2 Å². The van der Waals surface area contributed by atoms with Crippen molar-refractivity contribution in [3.8, 4) is 0 Å². The highest BCUT2D eigenvalue weighted by Crippen LogP contribution is 2.33. The molecule has 1 N–H and O–H groups in total. The largest absolute Gasteiger partial charge is 0.354 e. The van der Waals surface area contributed by atoms with Crippen molar-refractivity contribution in [2.45, 2.75) is 37.8 Å². The van der Waals surface area contributed by atoms with Crippen molar-refractivity contribution in [1.29, 1.82) is 0 Å². The minimum Gasteiger partial charge on any atom is -0.354 e. The van der Waals surface area contributed by atoms with E-state index < -0.39 is 40.2 Å². The van der Waals surface area contributed by atoms with Gasteiger partial charge in [0.2, 0.25) is 11.8 Å². The van der Waals surface area contributed by atoms with Crippen molar-refractivity contribution in [2.75, 3.05) is 17.4 Å². The first-order valence-corrected chi connectivity index (χ1v) is 16.5. The van der Waals surface area contributed by atoms with Crippen LogP contribution in [0.1, 0.15) is 25.0 Å². The molecule has 0 aliphatic rings. The Kier molecular flexibility index (Phi) is 11.6. The number of rotatable bonds is 13. The normalized spacial score (nSPS) is 12.0. The summed E-state index contributed by atoms with van der Waals surface area (Å²) in [6, 6.07) is 25.7. The predicted octanol–water partition coefficient (Wildman–Crippen LogP) is 6.74. The summed E-state index contributed by atoms with van der Waals surface area (Å²) in [5.74, 6) is -1.39. The van der Waals surface area contributed by atoms with Gasteiger partial charge in [0.15, 0.2) is 0 Å². The van der Waals surface area contributed by atoms with Crippen LogP contribution in [-0.4, -0.2) is 44.3 Å². The third-order valence-electron chi connectivity index (χ3n) is 7.01. The molecule has 4 rings (SSSR count). The third kappa shape index (κ3) is 9.06. The Morgan fingerprint density at radius 2 is 1.47 bits per heavy atom. The van der Waals surface area contributed by atoms with Crippen molar-refractivity contribution in [2.24, 2.45) is 5.92 Å². The Hall–Kier alpha value is -3.92. The lowest BCUT2D eigenvalue weighted by Gasteiger charge is -2.34. The van der Waals surface area contributed by atoms with E-state index in [0.29, 0.717) is 12.1 Å². The van der Waals surface area contributed by atoms with Crippen LogP contribution in [0.15, 0.2) is 108 Å². The predicted molar refractivity (Wildman–Crippen MR) is 176 cm³/mol. The topological polar surface area (TPSA) is 86.8 Å². The second-order valence-electron chi connectivity index (χ2n) is 10.9. The maximum atomic E-state index is 14.4. The van der Waals surface area contributed by atoms with Crippen LogP contribution in [0.3, 0.4) is 0 Å². The quantitative estimate of drug-likeness (QED) is 0.171. The zero-order valence-corrected chi connectivity index (χ0v) is 27.2. The lowest BCUT2D eigenvalue weighted by Crippen LogP contribution is -2.53. The molecule has 0 heterocycles. The van der Waals surface area contributed by atoms with Crippen LogP contribution in [0, 0.1) is 11.7 Å². The lowest BCUT2D eigenvalue weighted by atomic mass is 10.0. The Bertz CT molecular complexity index is 1710. The first-order chi connectivity index (χ1) is 21.5. The van der Waals surface area contributed by atoms with E-state index in [2.05, 4.69) is 5.32 Å². The average Bonchev–Trinajstić information content (AvgIpc) is 3.03. The van der Waals surface area contributed by atoms with E-state index in [1.165, 1.54) is 59.5 Å². The molecule has 0 aliphatic carbocycles. The number of benzene rings is 4. The Balaban J connectivity index is 1.82. The van der Waals surface area contributed by atoms with Gasteiger partial charge >= 0.3 is 0 Å². The fourth-order valence-corrected chi connectivity index (χ4v) is 6.55. The molecule has 1 unspecified atom stereocenters. The molecule has 0 fully saturated rings. The Labute approximate surface area is 273 Å². The molecule has 2 amide bonds. The fourth-order valence-electron chi connectivity index (χ4n) is 4.67. The first kappa shape index (κ1) is 34.0.